The molecule has 3 nitrogen and oxygen atoms in total. The van der Waals surface area contributed by atoms with Crippen molar-refractivity contribution in [3.63, 3.8) is 0 Å². The van der Waals surface area contributed by atoms with E-state index in [1.54, 1.807) is 0 Å². The molecule has 1 aromatic heterocycles. The van der Waals surface area contributed by atoms with Crippen LogP contribution in [-0.2, 0) is 19.3 Å². The lowest BCUT2D eigenvalue weighted by atomic mass is 9.86. The van der Waals surface area contributed by atoms with Gasteiger partial charge in [0.25, 0.3) is 0 Å². The predicted octanol–water partition coefficient (Wildman–Crippen LogP) is 4.16. The Balaban J connectivity index is 2.05. The SMILES string of the molecule is CCCCc1nc(N2CCCCC2)c(C#N)c2c1CCCC2. The largest absolute Gasteiger partial charge is 0.356 e. The molecule has 1 aliphatic carbocycles. The summed E-state index contributed by atoms with van der Waals surface area (Å²) in [4.78, 5) is 7.39. The average Bonchev–Trinajstić information content (AvgIpc) is 2.59. The van der Waals surface area contributed by atoms with Crippen LogP contribution in [0.1, 0.15) is 74.3 Å². The molecular weight excluding hydrogens is 270 g/mol. The first kappa shape index (κ1) is 15.3. The van der Waals surface area contributed by atoms with Crippen molar-refractivity contribution >= 4 is 5.82 Å². The van der Waals surface area contributed by atoms with Gasteiger partial charge in [-0.1, -0.05) is 13.3 Å². The molecule has 2 heterocycles. The first-order valence-electron chi connectivity index (χ1n) is 9.04. The molecule has 0 unspecified atom stereocenters. The molecule has 0 aromatic carbocycles. The molecule has 0 amide bonds. The molecule has 3 rings (SSSR count). The third-order valence-corrected chi connectivity index (χ3v) is 5.12. The molecule has 1 aromatic rings. The first-order valence-corrected chi connectivity index (χ1v) is 9.04. The average molecular weight is 297 g/mol. The summed E-state index contributed by atoms with van der Waals surface area (Å²) < 4.78 is 0. The Morgan fingerprint density at radius 3 is 2.45 bits per heavy atom. The fourth-order valence-corrected chi connectivity index (χ4v) is 3.89. The maximum atomic E-state index is 9.76. The van der Waals surface area contributed by atoms with Gasteiger partial charge in [0.2, 0.25) is 0 Å². The highest BCUT2D eigenvalue weighted by Gasteiger charge is 2.25. The molecule has 0 saturated carbocycles. The van der Waals surface area contributed by atoms with Gasteiger partial charge in [0.15, 0.2) is 0 Å². The molecule has 0 N–H and O–H groups in total. The van der Waals surface area contributed by atoms with Gasteiger partial charge in [-0.3, -0.25) is 0 Å². The van der Waals surface area contributed by atoms with Crippen LogP contribution in [0.25, 0.3) is 0 Å². The highest BCUT2D eigenvalue weighted by Crippen LogP contribution is 2.33. The normalized spacial score (nSPS) is 17.9. The third kappa shape index (κ3) is 2.97. The summed E-state index contributed by atoms with van der Waals surface area (Å²) in [6.45, 7) is 4.36. The minimum atomic E-state index is 0.886. The van der Waals surface area contributed by atoms with Gasteiger partial charge >= 0.3 is 0 Å². The Labute approximate surface area is 134 Å². The smallest absolute Gasteiger partial charge is 0.147 e. The predicted molar refractivity (Wildman–Crippen MR) is 90.3 cm³/mol. The highest BCUT2D eigenvalue weighted by atomic mass is 15.2. The summed E-state index contributed by atoms with van der Waals surface area (Å²) >= 11 is 0. The van der Waals surface area contributed by atoms with Crippen molar-refractivity contribution in [1.29, 1.82) is 5.26 Å². The number of nitriles is 1. The number of aromatic nitrogens is 1. The van der Waals surface area contributed by atoms with Crippen molar-refractivity contribution in [2.75, 3.05) is 18.0 Å². The molecule has 1 aliphatic heterocycles. The number of hydrogen-bond donors (Lipinski definition) is 0. The number of unbranched alkanes of at least 4 members (excludes halogenated alkanes) is 1. The van der Waals surface area contributed by atoms with Crippen molar-refractivity contribution in [3.8, 4) is 6.07 Å². The van der Waals surface area contributed by atoms with E-state index < -0.39 is 0 Å². The maximum Gasteiger partial charge on any atom is 0.147 e. The minimum Gasteiger partial charge on any atom is -0.356 e. The van der Waals surface area contributed by atoms with E-state index in [-0.39, 0.29) is 0 Å². The van der Waals surface area contributed by atoms with E-state index in [0.29, 0.717) is 0 Å². The van der Waals surface area contributed by atoms with Crippen LogP contribution in [-0.4, -0.2) is 18.1 Å². The van der Waals surface area contributed by atoms with E-state index in [2.05, 4.69) is 17.9 Å². The number of anilines is 1. The molecule has 2 aliphatic rings. The zero-order chi connectivity index (χ0) is 15.4. The van der Waals surface area contributed by atoms with Crippen LogP contribution in [0.3, 0.4) is 0 Å². The summed E-state index contributed by atoms with van der Waals surface area (Å²) in [6, 6.07) is 2.50. The van der Waals surface area contributed by atoms with Gasteiger partial charge in [-0.25, -0.2) is 4.98 Å². The molecule has 0 bridgehead atoms. The Morgan fingerprint density at radius 2 is 1.77 bits per heavy atom. The van der Waals surface area contributed by atoms with Gasteiger partial charge in [0.05, 0.1) is 5.56 Å². The van der Waals surface area contributed by atoms with E-state index in [0.717, 1.165) is 43.7 Å². The summed E-state index contributed by atoms with van der Waals surface area (Å²) in [7, 11) is 0. The molecule has 1 saturated heterocycles. The molecule has 0 radical (unpaired) electrons. The first-order chi connectivity index (χ1) is 10.8. The second-order valence-corrected chi connectivity index (χ2v) is 6.68. The second-order valence-electron chi connectivity index (χ2n) is 6.68. The minimum absolute atomic E-state index is 0.886. The Bertz CT molecular complexity index is 565. The van der Waals surface area contributed by atoms with E-state index in [4.69, 9.17) is 4.98 Å². The fourth-order valence-electron chi connectivity index (χ4n) is 3.89. The van der Waals surface area contributed by atoms with Gasteiger partial charge in [-0.05, 0) is 68.9 Å². The van der Waals surface area contributed by atoms with E-state index in [9.17, 15) is 5.26 Å². The van der Waals surface area contributed by atoms with Crippen molar-refractivity contribution in [2.24, 2.45) is 0 Å². The Morgan fingerprint density at radius 1 is 1.05 bits per heavy atom. The number of nitrogens with zero attached hydrogens (tertiary/aromatic N) is 3. The van der Waals surface area contributed by atoms with Crippen LogP contribution < -0.4 is 4.90 Å². The van der Waals surface area contributed by atoms with Gasteiger partial charge in [-0.15, -0.1) is 0 Å². The number of piperidine rings is 1. The Hall–Kier alpha value is -1.56. The molecule has 0 spiro atoms. The molecule has 1 fully saturated rings. The van der Waals surface area contributed by atoms with E-state index in [1.165, 1.54) is 61.8 Å². The van der Waals surface area contributed by atoms with Crippen LogP contribution in [0.4, 0.5) is 5.82 Å². The van der Waals surface area contributed by atoms with Crippen LogP contribution in [0.2, 0.25) is 0 Å². The summed E-state index contributed by atoms with van der Waals surface area (Å²) in [5.41, 5.74) is 4.92. The fraction of sp³-hybridized carbons (Fsp3) is 0.684. The van der Waals surface area contributed by atoms with Gasteiger partial charge in [0.1, 0.15) is 11.9 Å². The highest BCUT2D eigenvalue weighted by molar-refractivity contribution is 5.61. The van der Waals surface area contributed by atoms with Crippen molar-refractivity contribution in [2.45, 2.75) is 71.1 Å². The summed E-state index contributed by atoms with van der Waals surface area (Å²) in [5, 5.41) is 9.76. The number of fused-ring (bicyclic) bond motifs is 1. The molecule has 3 heteroatoms. The Kier molecular flexibility index (Phi) is 4.97. The quantitative estimate of drug-likeness (QED) is 0.837. The van der Waals surface area contributed by atoms with Crippen LogP contribution >= 0.6 is 0 Å². The lowest BCUT2D eigenvalue weighted by molar-refractivity contribution is 0.569. The molecule has 118 valence electrons. The number of aryl methyl sites for hydroxylation is 1. The van der Waals surface area contributed by atoms with E-state index >= 15 is 0 Å². The van der Waals surface area contributed by atoms with Crippen LogP contribution in [0.15, 0.2) is 0 Å². The zero-order valence-electron chi connectivity index (χ0n) is 13.8. The monoisotopic (exact) mass is 297 g/mol. The molecule has 22 heavy (non-hydrogen) atoms. The lowest BCUT2D eigenvalue weighted by Crippen LogP contribution is -2.32. The van der Waals surface area contributed by atoms with Crippen molar-refractivity contribution in [3.05, 3.63) is 22.4 Å². The maximum absolute atomic E-state index is 9.76. The third-order valence-electron chi connectivity index (χ3n) is 5.12. The van der Waals surface area contributed by atoms with Gasteiger partial charge < -0.3 is 4.90 Å². The second kappa shape index (κ2) is 7.13. The number of hydrogen-bond acceptors (Lipinski definition) is 3. The number of rotatable bonds is 4. The van der Waals surface area contributed by atoms with Gasteiger partial charge in [0, 0.05) is 18.8 Å². The topological polar surface area (TPSA) is 39.9 Å². The number of pyridine rings is 1. The zero-order valence-corrected chi connectivity index (χ0v) is 13.8. The van der Waals surface area contributed by atoms with Crippen LogP contribution in [0, 0.1) is 11.3 Å². The van der Waals surface area contributed by atoms with Crippen molar-refractivity contribution in [1.82, 2.24) is 4.98 Å². The van der Waals surface area contributed by atoms with Crippen molar-refractivity contribution < 1.29 is 0 Å². The summed E-state index contributed by atoms with van der Waals surface area (Å²) in [5.74, 6) is 0.994. The van der Waals surface area contributed by atoms with Gasteiger partial charge in [-0.2, -0.15) is 5.26 Å². The summed E-state index contributed by atoms with van der Waals surface area (Å²) in [6.07, 6.45) is 11.9. The molecular formula is C19H27N3. The lowest BCUT2D eigenvalue weighted by Gasteiger charge is -2.31. The molecule has 0 atom stereocenters. The van der Waals surface area contributed by atoms with Crippen LogP contribution in [0.5, 0.6) is 0 Å². The standard InChI is InChI=1S/C19H27N3/c1-2-3-11-18-16-10-6-5-9-15(16)17(14-20)19(21-18)22-12-7-4-8-13-22/h2-13H2,1H3. The van der Waals surface area contributed by atoms with E-state index in [1.807, 2.05) is 0 Å².